The van der Waals surface area contributed by atoms with Crippen molar-refractivity contribution >= 4 is 38.6 Å². The maximum atomic E-state index is 13.1. The fourth-order valence-corrected chi connectivity index (χ4v) is 6.64. The van der Waals surface area contributed by atoms with Gasteiger partial charge in [-0.2, -0.15) is 0 Å². The molecule has 0 N–H and O–H groups in total. The fraction of sp³-hybridized carbons (Fsp3) is 0.333. The van der Waals surface area contributed by atoms with Gasteiger partial charge < -0.3 is 0 Å². The second kappa shape index (κ2) is 5.30. The number of sulfonamides is 1. The summed E-state index contributed by atoms with van der Waals surface area (Å²) in [5.74, 6) is 0.219. The lowest BCUT2D eigenvalue weighted by molar-refractivity contribution is 0.583. The van der Waals surface area contributed by atoms with Crippen molar-refractivity contribution in [1.29, 1.82) is 0 Å². The molecule has 0 radical (unpaired) electrons. The van der Waals surface area contributed by atoms with Gasteiger partial charge in [0.25, 0.3) is 10.0 Å². The minimum Gasteiger partial charge on any atom is -0.263 e. The monoisotopic (exact) mass is 341 g/mol. The van der Waals surface area contributed by atoms with Crippen molar-refractivity contribution in [2.45, 2.75) is 37.1 Å². The zero-order valence-electron chi connectivity index (χ0n) is 11.8. The molecular formula is C15H16ClNO2S2. The zero-order valence-corrected chi connectivity index (χ0v) is 14.2. The molecular weight excluding hydrogens is 326 g/mol. The summed E-state index contributed by atoms with van der Waals surface area (Å²) in [4.78, 5) is 1.09. The van der Waals surface area contributed by atoms with Gasteiger partial charge in [0.05, 0.1) is 11.6 Å². The van der Waals surface area contributed by atoms with E-state index in [1.165, 1.54) is 11.3 Å². The van der Waals surface area contributed by atoms with Crippen LogP contribution >= 0.6 is 22.9 Å². The number of halogens is 1. The van der Waals surface area contributed by atoms with Gasteiger partial charge >= 0.3 is 0 Å². The molecule has 21 heavy (non-hydrogen) atoms. The van der Waals surface area contributed by atoms with Crippen molar-refractivity contribution in [2.24, 2.45) is 0 Å². The Morgan fingerprint density at radius 2 is 2.10 bits per heavy atom. The van der Waals surface area contributed by atoms with E-state index in [4.69, 9.17) is 11.6 Å². The Bertz CT molecular complexity index is 783. The molecule has 2 heterocycles. The van der Waals surface area contributed by atoms with Gasteiger partial charge in [0.2, 0.25) is 0 Å². The lowest BCUT2D eigenvalue weighted by Crippen LogP contribution is -2.36. The third-order valence-electron chi connectivity index (χ3n) is 3.77. The largest absolute Gasteiger partial charge is 0.266 e. The molecule has 1 unspecified atom stereocenters. The summed E-state index contributed by atoms with van der Waals surface area (Å²) in [6.45, 7) is 3.77. The summed E-state index contributed by atoms with van der Waals surface area (Å²) >= 11 is 7.33. The summed E-state index contributed by atoms with van der Waals surface area (Å²) in [5, 5.41) is 1.86. The number of benzene rings is 1. The van der Waals surface area contributed by atoms with Crippen LogP contribution in [0.1, 0.15) is 22.9 Å². The zero-order chi connectivity index (χ0) is 15.2. The Morgan fingerprint density at radius 3 is 2.81 bits per heavy atom. The van der Waals surface area contributed by atoms with Crippen LogP contribution in [0.15, 0.2) is 34.5 Å². The lowest BCUT2D eigenvalue weighted by atomic mass is 10.1. The van der Waals surface area contributed by atoms with Gasteiger partial charge in [-0.15, -0.1) is 22.9 Å². The highest BCUT2D eigenvalue weighted by Crippen LogP contribution is 2.39. The van der Waals surface area contributed by atoms with E-state index in [9.17, 15) is 8.42 Å². The van der Waals surface area contributed by atoms with Crippen molar-refractivity contribution in [1.82, 2.24) is 0 Å². The van der Waals surface area contributed by atoms with Gasteiger partial charge in [0, 0.05) is 10.9 Å². The minimum absolute atomic E-state index is 0.0742. The van der Waals surface area contributed by atoms with Crippen LogP contribution < -0.4 is 4.31 Å². The summed E-state index contributed by atoms with van der Waals surface area (Å²) in [5.41, 5.74) is 2.64. The molecule has 1 aliphatic rings. The van der Waals surface area contributed by atoms with Crippen LogP contribution in [0.4, 0.5) is 5.69 Å². The molecule has 0 saturated carbocycles. The van der Waals surface area contributed by atoms with Crippen LogP contribution in [-0.4, -0.2) is 14.5 Å². The third-order valence-corrected chi connectivity index (χ3v) is 7.59. The van der Waals surface area contributed by atoms with Crippen molar-refractivity contribution < 1.29 is 8.42 Å². The van der Waals surface area contributed by atoms with Gasteiger partial charge in [-0.3, -0.25) is 4.31 Å². The molecule has 0 bridgehead atoms. The second-order valence-electron chi connectivity index (χ2n) is 5.29. The quantitative estimate of drug-likeness (QED) is 0.793. The number of hydrogen-bond acceptors (Lipinski definition) is 3. The topological polar surface area (TPSA) is 37.4 Å². The second-order valence-corrected chi connectivity index (χ2v) is 8.27. The molecule has 112 valence electrons. The Morgan fingerprint density at radius 1 is 1.38 bits per heavy atom. The average Bonchev–Trinajstić information content (AvgIpc) is 2.98. The SMILES string of the molecule is Cc1csc(CCl)c1S(=O)(=O)N1c2ccccc2CC1C. The van der Waals surface area contributed by atoms with Crippen LogP contribution in [0.3, 0.4) is 0 Å². The van der Waals surface area contributed by atoms with Crippen LogP contribution in [0.25, 0.3) is 0 Å². The highest BCUT2D eigenvalue weighted by Gasteiger charge is 2.38. The number of anilines is 1. The van der Waals surface area contributed by atoms with E-state index in [1.807, 2.05) is 43.5 Å². The van der Waals surface area contributed by atoms with Crippen molar-refractivity contribution in [2.75, 3.05) is 4.31 Å². The Hall–Kier alpha value is -1.04. The normalized spacial score (nSPS) is 18.0. The van der Waals surface area contributed by atoms with Gasteiger partial charge in [0.15, 0.2) is 0 Å². The molecule has 1 atom stereocenters. The number of aryl methyl sites for hydroxylation is 1. The predicted octanol–water partition coefficient (Wildman–Crippen LogP) is 3.94. The van der Waals surface area contributed by atoms with E-state index in [-0.39, 0.29) is 11.9 Å². The van der Waals surface area contributed by atoms with Crippen LogP contribution in [0, 0.1) is 6.92 Å². The van der Waals surface area contributed by atoms with Crippen molar-refractivity contribution in [3.05, 3.63) is 45.6 Å². The smallest absolute Gasteiger partial charge is 0.263 e. The standard InChI is InChI=1S/C15H16ClNO2S2/c1-10-9-20-14(8-16)15(10)21(18,19)17-11(2)7-12-5-3-4-6-13(12)17/h3-6,9,11H,7-8H2,1-2H3. The maximum absolute atomic E-state index is 13.1. The number of fused-ring (bicyclic) bond motifs is 1. The van der Waals surface area contributed by atoms with Crippen LogP contribution in [-0.2, 0) is 22.3 Å². The number of hydrogen-bond donors (Lipinski definition) is 0. The van der Waals surface area contributed by atoms with Crippen LogP contribution in [0.5, 0.6) is 0 Å². The molecule has 0 amide bonds. The predicted molar refractivity (Wildman–Crippen MR) is 87.9 cm³/mol. The fourth-order valence-electron chi connectivity index (χ4n) is 2.93. The highest BCUT2D eigenvalue weighted by molar-refractivity contribution is 7.93. The molecule has 0 saturated heterocycles. The van der Waals surface area contributed by atoms with E-state index >= 15 is 0 Å². The first kappa shape index (κ1) is 14.9. The number of alkyl halides is 1. The molecule has 3 nitrogen and oxygen atoms in total. The molecule has 2 aromatic rings. The first-order valence-electron chi connectivity index (χ1n) is 6.72. The number of rotatable bonds is 3. The summed E-state index contributed by atoms with van der Waals surface area (Å²) in [6, 6.07) is 7.61. The van der Waals surface area contributed by atoms with E-state index in [0.29, 0.717) is 9.77 Å². The average molecular weight is 342 g/mol. The summed E-state index contributed by atoms with van der Waals surface area (Å²) in [6.07, 6.45) is 0.745. The summed E-state index contributed by atoms with van der Waals surface area (Å²) < 4.78 is 27.8. The van der Waals surface area contributed by atoms with Gasteiger partial charge in [0.1, 0.15) is 4.90 Å². The summed E-state index contributed by atoms with van der Waals surface area (Å²) in [7, 11) is -3.57. The molecule has 3 rings (SSSR count). The number of thiophene rings is 1. The van der Waals surface area contributed by atoms with Crippen molar-refractivity contribution in [3.63, 3.8) is 0 Å². The van der Waals surface area contributed by atoms with Gasteiger partial charge in [-0.1, -0.05) is 18.2 Å². The molecule has 1 aromatic heterocycles. The van der Waals surface area contributed by atoms with Crippen LogP contribution in [0.2, 0.25) is 0 Å². The van der Waals surface area contributed by atoms with E-state index < -0.39 is 10.0 Å². The third kappa shape index (κ3) is 2.28. The van der Waals surface area contributed by atoms with Gasteiger partial charge in [-0.25, -0.2) is 8.42 Å². The Kier molecular flexibility index (Phi) is 3.76. The van der Waals surface area contributed by atoms with E-state index in [2.05, 4.69) is 0 Å². The molecule has 0 aliphatic carbocycles. The highest BCUT2D eigenvalue weighted by atomic mass is 35.5. The number of para-hydroxylation sites is 1. The molecule has 1 aliphatic heterocycles. The first-order valence-corrected chi connectivity index (χ1v) is 9.57. The Balaban J connectivity index is 2.17. The maximum Gasteiger partial charge on any atom is 0.266 e. The number of nitrogens with zero attached hydrogens (tertiary/aromatic N) is 1. The minimum atomic E-state index is -3.57. The lowest BCUT2D eigenvalue weighted by Gasteiger charge is -2.25. The molecule has 0 fully saturated rings. The van der Waals surface area contributed by atoms with E-state index in [0.717, 1.165) is 23.2 Å². The molecule has 6 heteroatoms. The first-order chi connectivity index (χ1) is 9.96. The Labute approximate surface area is 134 Å². The molecule has 0 spiro atoms. The van der Waals surface area contributed by atoms with Gasteiger partial charge in [-0.05, 0) is 42.8 Å². The molecule has 1 aromatic carbocycles. The van der Waals surface area contributed by atoms with E-state index in [1.54, 1.807) is 4.31 Å². The van der Waals surface area contributed by atoms with Crippen molar-refractivity contribution in [3.8, 4) is 0 Å².